The maximum absolute atomic E-state index is 11.2. The number of hydrogen-bond acceptors (Lipinski definition) is 6. The van der Waals surface area contributed by atoms with E-state index in [1.165, 1.54) is 6.07 Å². The molecule has 23 heavy (non-hydrogen) atoms. The third-order valence-corrected chi connectivity index (χ3v) is 3.10. The molecule has 1 atom stereocenters. The molecule has 2 aromatic rings. The van der Waals surface area contributed by atoms with E-state index in [0.717, 1.165) is 18.6 Å². The fraction of sp³-hybridized carbons (Fsp3) is 0.471. The standard InChI is InChI=1S/C14H14O5.C3H8O/c1-2-16-13-6-11-9(3-4-14(15)19-11)5-12(13)18-8-10-7-17-10;1-3-4-2/h3-6,10H,2,7-8H2,1H3;3H2,1-2H3. The van der Waals surface area contributed by atoms with Crippen molar-refractivity contribution in [3.63, 3.8) is 0 Å². The Morgan fingerprint density at radius 1 is 1.13 bits per heavy atom. The topological polar surface area (TPSA) is 70.4 Å². The van der Waals surface area contributed by atoms with Crippen LogP contribution in [-0.2, 0) is 9.47 Å². The maximum atomic E-state index is 11.2. The Balaban J connectivity index is 0.000000433. The highest BCUT2D eigenvalue weighted by Crippen LogP contribution is 2.32. The van der Waals surface area contributed by atoms with E-state index in [-0.39, 0.29) is 11.7 Å². The molecule has 1 unspecified atom stereocenters. The second kappa shape index (κ2) is 8.55. The fourth-order valence-electron chi connectivity index (χ4n) is 1.80. The first-order valence-corrected chi connectivity index (χ1v) is 7.62. The van der Waals surface area contributed by atoms with Crippen molar-refractivity contribution < 1.29 is 23.4 Å². The molecule has 1 saturated heterocycles. The molecule has 6 heteroatoms. The molecule has 1 aromatic carbocycles. The van der Waals surface area contributed by atoms with Gasteiger partial charge in [0.1, 0.15) is 18.3 Å². The zero-order valence-electron chi connectivity index (χ0n) is 13.7. The van der Waals surface area contributed by atoms with Crippen molar-refractivity contribution in [2.75, 3.05) is 33.5 Å². The number of epoxide rings is 1. The molecule has 1 aromatic heterocycles. The van der Waals surface area contributed by atoms with E-state index in [1.54, 1.807) is 19.2 Å². The van der Waals surface area contributed by atoms with Gasteiger partial charge in [0.2, 0.25) is 0 Å². The fourth-order valence-corrected chi connectivity index (χ4v) is 1.80. The van der Waals surface area contributed by atoms with Gasteiger partial charge in [-0.3, -0.25) is 0 Å². The van der Waals surface area contributed by atoms with Gasteiger partial charge in [-0.25, -0.2) is 4.79 Å². The minimum atomic E-state index is -0.380. The van der Waals surface area contributed by atoms with Crippen LogP contribution in [0.1, 0.15) is 13.8 Å². The van der Waals surface area contributed by atoms with E-state index in [4.69, 9.17) is 18.6 Å². The van der Waals surface area contributed by atoms with Crippen molar-refractivity contribution >= 4 is 11.0 Å². The van der Waals surface area contributed by atoms with Gasteiger partial charge in [0.15, 0.2) is 11.5 Å². The van der Waals surface area contributed by atoms with Crippen LogP contribution in [0.5, 0.6) is 11.5 Å². The third-order valence-electron chi connectivity index (χ3n) is 3.10. The Bertz CT molecular complexity index is 672. The molecule has 3 rings (SSSR count). The molecule has 1 fully saturated rings. The predicted molar refractivity (Wildman–Crippen MR) is 86.4 cm³/mol. The van der Waals surface area contributed by atoms with E-state index in [9.17, 15) is 4.79 Å². The van der Waals surface area contributed by atoms with E-state index in [1.807, 2.05) is 19.9 Å². The maximum Gasteiger partial charge on any atom is 0.336 e. The molecule has 0 N–H and O–H groups in total. The molecule has 0 saturated carbocycles. The summed E-state index contributed by atoms with van der Waals surface area (Å²) in [5, 5.41) is 0.801. The monoisotopic (exact) mass is 322 g/mol. The van der Waals surface area contributed by atoms with Crippen molar-refractivity contribution in [2.45, 2.75) is 20.0 Å². The molecule has 0 bridgehead atoms. The Labute approximate surface area is 134 Å². The average molecular weight is 322 g/mol. The van der Waals surface area contributed by atoms with Gasteiger partial charge in [-0.05, 0) is 26.0 Å². The van der Waals surface area contributed by atoms with E-state index in [2.05, 4.69) is 4.74 Å². The molecule has 0 radical (unpaired) electrons. The highest BCUT2D eigenvalue weighted by Gasteiger charge is 2.24. The van der Waals surface area contributed by atoms with Crippen LogP contribution in [0, 0.1) is 0 Å². The third kappa shape index (κ3) is 5.26. The van der Waals surface area contributed by atoms with Gasteiger partial charge in [-0.2, -0.15) is 0 Å². The van der Waals surface area contributed by atoms with Crippen LogP contribution in [0.2, 0.25) is 0 Å². The van der Waals surface area contributed by atoms with Crippen LogP contribution in [-0.4, -0.2) is 39.6 Å². The van der Waals surface area contributed by atoms with Gasteiger partial charge in [0.05, 0.1) is 13.2 Å². The lowest BCUT2D eigenvalue weighted by atomic mass is 10.2. The molecule has 1 aliphatic rings. The van der Waals surface area contributed by atoms with Gasteiger partial charge < -0.3 is 23.4 Å². The molecular formula is C17H22O6. The lowest BCUT2D eigenvalue weighted by Crippen LogP contribution is -2.06. The van der Waals surface area contributed by atoms with Crippen LogP contribution in [0.4, 0.5) is 0 Å². The van der Waals surface area contributed by atoms with Crippen LogP contribution in [0.3, 0.4) is 0 Å². The Hall–Kier alpha value is -2.05. The SMILES string of the molecule is CCOC.CCOc1cc2oc(=O)ccc2cc1OCC1CO1. The first kappa shape index (κ1) is 17.3. The molecule has 126 valence electrons. The molecule has 0 amide bonds. The summed E-state index contributed by atoms with van der Waals surface area (Å²) in [5.74, 6) is 1.21. The van der Waals surface area contributed by atoms with Gasteiger partial charge in [-0.15, -0.1) is 0 Å². The van der Waals surface area contributed by atoms with Crippen LogP contribution < -0.4 is 15.1 Å². The Morgan fingerprint density at radius 3 is 2.43 bits per heavy atom. The van der Waals surface area contributed by atoms with Crippen molar-refractivity contribution in [1.82, 2.24) is 0 Å². The smallest absolute Gasteiger partial charge is 0.336 e. The van der Waals surface area contributed by atoms with Gasteiger partial charge in [0.25, 0.3) is 0 Å². The minimum absolute atomic E-state index is 0.180. The average Bonchev–Trinajstić information content (AvgIpc) is 3.38. The van der Waals surface area contributed by atoms with E-state index in [0.29, 0.717) is 30.3 Å². The summed E-state index contributed by atoms with van der Waals surface area (Å²) in [6.45, 7) is 6.42. The predicted octanol–water partition coefficient (Wildman–Crippen LogP) is 2.62. The molecule has 0 aliphatic carbocycles. The number of methoxy groups -OCH3 is 1. The van der Waals surface area contributed by atoms with E-state index < -0.39 is 0 Å². The van der Waals surface area contributed by atoms with Gasteiger partial charge in [0, 0.05) is 31.2 Å². The lowest BCUT2D eigenvalue weighted by Gasteiger charge is -2.11. The first-order chi connectivity index (χ1) is 11.2. The second-order valence-electron chi connectivity index (χ2n) is 4.87. The number of fused-ring (bicyclic) bond motifs is 1. The number of ether oxygens (including phenoxy) is 4. The largest absolute Gasteiger partial charge is 0.490 e. The van der Waals surface area contributed by atoms with E-state index >= 15 is 0 Å². The summed E-state index contributed by atoms with van der Waals surface area (Å²) < 4.78 is 26.0. The highest BCUT2D eigenvalue weighted by atomic mass is 16.6. The van der Waals surface area contributed by atoms with Gasteiger partial charge in [-0.1, -0.05) is 0 Å². The highest BCUT2D eigenvalue weighted by molar-refractivity contribution is 5.80. The molecule has 6 nitrogen and oxygen atoms in total. The minimum Gasteiger partial charge on any atom is -0.490 e. The quantitative estimate of drug-likeness (QED) is 0.601. The summed E-state index contributed by atoms with van der Waals surface area (Å²) in [6.07, 6.45) is 0.180. The Kier molecular flexibility index (Phi) is 6.43. The molecule has 2 heterocycles. The Morgan fingerprint density at radius 2 is 1.83 bits per heavy atom. The summed E-state index contributed by atoms with van der Waals surface area (Å²) >= 11 is 0. The number of hydrogen-bond donors (Lipinski definition) is 0. The van der Waals surface area contributed by atoms with Crippen LogP contribution in [0.15, 0.2) is 33.5 Å². The summed E-state index contributed by atoms with van der Waals surface area (Å²) in [4.78, 5) is 11.2. The van der Waals surface area contributed by atoms with Crippen molar-refractivity contribution in [3.05, 3.63) is 34.7 Å². The van der Waals surface area contributed by atoms with Crippen LogP contribution >= 0.6 is 0 Å². The summed E-state index contributed by atoms with van der Waals surface area (Å²) in [6, 6.07) is 6.59. The van der Waals surface area contributed by atoms with Crippen LogP contribution in [0.25, 0.3) is 11.0 Å². The van der Waals surface area contributed by atoms with Crippen molar-refractivity contribution in [2.24, 2.45) is 0 Å². The molecule has 1 aliphatic heterocycles. The second-order valence-corrected chi connectivity index (χ2v) is 4.87. The normalized spacial score (nSPS) is 15.7. The number of rotatable bonds is 6. The lowest BCUT2D eigenvalue weighted by molar-refractivity contribution is 0.215. The zero-order chi connectivity index (χ0) is 16.7. The summed E-state index contributed by atoms with van der Waals surface area (Å²) in [7, 11) is 1.68. The molecular weight excluding hydrogens is 300 g/mol. The molecule has 0 spiro atoms. The number of benzene rings is 1. The van der Waals surface area contributed by atoms with Crippen molar-refractivity contribution in [3.8, 4) is 11.5 Å². The first-order valence-electron chi connectivity index (χ1n) is 7.62. The summed E-state index contributed by atoms with van der Waals surface area (Å²) in [5.41, 5.74) is 0.112. The zero-order valence-corrected chi connectivity index (χ0v) is 13.7. The van der Waals surface area contributed by atoms with Crippen molar-refractivity contribution in [1.29, 1.82) is 0 Å². The van der Waals surface area contributed by atoms with Gasteiger partial charge >= 0.3 is 5.63 Å².